The molecule has 1 heterocycles. The molecule has 1 aromatic heterocycles. The predicted octanol–water partition coefficient (Wildman–Crippen LogP) is 4.64. The molecule has 1 atom stereocenters. The standard InChI is InChI=1S/C26H29F3N2O4/c1-23(2,32)9-10-35-17-11-19(16-13-30-31(14-16)15-24(3,4)33)22-18-7-5-6-8-20(18)25(34,21(22)12-17)26(27,28)29/h5-8,11-14,32-34H,9-10,15H2,1-4H3. The third-order valence-electron chi connectivity index (χ3n) is 5.97. The van der Waals surface area contributed by atoms with Crippen molar-refractivity contribution < 1.29 is 33.2 Å². The van der Waals surface area contributed by atoms with E-state index in [-0.39, 0.29) is 47.6 Å². The summed E-state index contributed by atoms with van der Waals surface area (Å²) in [5.74, 6) is 0.133. The van der Waals surface area contributed by atoms with E-state index in [1.807, 2.05) is 0 Å². The van der Waals surface area contributed by atoms with Gasteiger partial charge in [-0.15, -0.1) is 0 Å². The Bertz CT molecular complexity index is 1240. The highest BCUT2D eigenvalue weighted by atomic mass is 19.4. The van der Waals surface area contributed by atoms with Gasteiger partial charge >= 0.3 is 6.18 Å². The molecular formula is C26H29F3N2O4. The number of halogens is 3. The van der Waals surface area contributed by atoms with E-state index in [2.05, 4.69) is 5.10 Å². The van der Waals surface area contributed by atoms with Crippen molar-refractivity contribution in [2.75, 3.05) is 6.61 Å². The summed E-state index contributed by atoms with van der Waals surface area (Å²) in [6, 6.07) is 8.76. The number of benzene rings is 2. The zero-order chi connectivity index (χ0) is 25.8. The van der Waals surface area contributed by atoms with E-state index >= 15 is 0 Å². The van der Waals surface area contributed by atoms with Gasteiger partial charge in [-0.05, 0) is 56.5 Å². The van der Waals surface area contributed by atoms with E-state index in [0.29, 0.717) is 11.1 Å². The Balaban J connectivity index is 1.91. The summed E-state index contributed by atoms with van der Waals surface area (Å²) in [5, 5.41) is 35.6. The van der Waals surface area contributed by atoms with Crippen LogP contribution >= 0.6 is 0 Å². The quantitative estimate of drug-likeness (QED) is 0.449. The van der Waals surface area contributed by atoms with Gasteiger partial charge in [0, 0.05) is 29.3 Å². The molecule has 35 heavy (non-hydrogen) atoms. The van der Waals surface area contributed by atoms with Crippen LogP contribution in [0.15, 0.2) is 48.8 Å². The minimum absolute atomic E-state index is 0.0666. The van der Waals surface area contributed by atoms with Crippen molar-refractivity contribution in [1.29, 1.82) is 0 Å². The summed E-state index contributed by atoms with van der Waals surface area (Å²) in [5.41, 5.74) is -4.40. The Morgan fingerprint density at radius 2 is 1.66 bits per heavy atom. The summed E-state index contributed by atoms with van der Waals surface area (Å²) in [7, 11) is 0. The third-order valence-corrected chi connectivity index (χ3v) is 5.97. The normalized spacial score (nSPS) is 17.9. The van der Waals surface area contributed by atoms with Gasteiger partial charge in [-0.2, -0.15) is 18.3 Å². The second-order valence-electron chi connectivity index (χ2n) is 10.3. The van der Waals surface area contributed by atoms with Crippen molar-refractivity contribution in [3.8, 4) is 28.0 Å². The number of ether oxygens (including phenoxy) is 1. The molecule has 188 valence electrons. The van der Waals surface area contributed by atoms with E-state index in [4.69, 9.17) is 4.74 Å². The fourth-order valence-electron chi connectivity index (χ4n) is 4.37. The lowest BCUT2D eigenvalue weighted by atomic mass is 9.89. The van der Waals surface area contributed by atoms with Crippen molar-refractivity contribution in [2.24, 2.45) is 0 Å². The summed E-state index contributed by atoms with van der Waals surface area (Å²) in [6.45, 7) is 6.73. The molecule has 0 saturated carbocycles. The molecule has 3 N–H and O–H groups in total. The van der Waals surface area contributed by atoms with E-state index < -0.39 is 23.0 Å². The zero-order valence-electron chi connectivity index (χ0n) is 20.0. The average molecular weight is 491 g/mol. The molecule has 0 amide bonds. The second-order valence-corrected chi connectivity index (χ2v) is 10.3. The molecule has 0 radical (unpaired) electrons. The maximum atomic E-state index is 14.4. The molecule has 3 aromatic rings. The predicted molar refractivity (Wildman–Crippen MR) is 125 cm³/mol. The minimum atomic E-state index is -4.98. The number of nitrogens with zero attached hydrogens (tertiary/aromatic N) is 2. The fourth-order valence-corrected chi connectivity index (χ4v) is 4.37. The first-order chi connectivity index (χ1) is 16.1. The number of fused-ring (bicyclic) bond motifs is 3. The first-order valence-electron chi connectivity index (χ1n) is 11.3. The Hall–Kier alpha value is -2.88. The van der Waals surface area contributed by atoms with Crippen LogP contribution in [0.5, 0.6) is 5.75 Å². The van der Waals surface area contributed by atoms with Gasteiger partial charge in [0.15, 0.2) is 0 Å². The van der Waals surface area contributed by atoms with Crippen LogP contribution in [-0.2, 0) is 12.1 Å². The zero-order valence-corrected chi connectivity index (χ0v) is 20.0. The van der Waals surface area contributed by atoms with Gasteiger partial charge in [-0.25, -0.2) is 0 Å². The summed E-state index contributed by atoms with van der Waals surface area (Å²) in [6.07, 6.45) is -1.58. The van der Waals surface area contributed by atoms with E-state index in [9.17, 15) is 28.5 Å². The highest BCUT2D eigenvalue weighted by molar-refractivity contribution is 5.93. The summed E-state index contributed by atoms with van der Waals surface area (Å²) in [4.78, 5) is 0. The lowest BCUT2D eigenvalue weighted by Gasteiger charge is -2.29. The summed E-state index contributed by atoms with van der Waals surface area (Å²) < 4.78 is 50.5. The van der Waals surface area contributed by atoms with Gasteiger partial charge in [-0.3, -0.25) is 4.68 Å². The lowest BCUT2D eigenvalue weighted by molar-refractivity contribution is -0.246. The largest absolute Gasteiger partial charge is 0.493 e. The summed E-state index contributed by atoms with van der Waals surface area (Å²) >= 11 is 0. The molecule has 1 aliphatic carbocycles. The lowest BCUT2D eigenvalue weighted by Crippen LogP contribution is -2.41. The van der Waals surface area contributed by atoms with E-state index in [0.717, 1.165) is 0 Å². The third kappa shape index (κ3) is 4.80. The molecule has 9 heteroatoms. The molecule has 6 nitrogen and oxygen atoms in total. The highest BCUT2D eigenvalue weighted by Gasteiger charge is 2.61. The van der Waals surface area contributed by atoms with Crippen molar-refractivity contribution >= 4 is 0 Å². The number of hydrogen-bond acceptors (Lipinski definition) is 5. The van der Waals surface area contributed by atoms with Crippen LogP contribution in [0.25, 0.3) is 22.3 Å². The molecule has 0 aliphatic heterocycles. The van der Waals surface area contributed by atoms with Gasteiger partial charge in [-0.1, -0.05) is 24.3 Å². The molecule has 0 fully saturated rings. The monoisotopic (exact) mass is 490 g/mol. The van der Waals surface area contributed by atoms with Crippen LogP contribution in [0, 0.1) is 0 Å². The number of alkyl halides is 3. The molecule has 4 rings (SSSR count). The van der Waals surface area contributed by atoms with Crippen molar-refractivity contribution in [1.82, 2.24) is 9.78 Å². The molecule has 1 aliphatic rings. The maximum Gasteiger partial charge on any atom is 0.425 e. The minimum Gasteiger partial charge on any atom is -0.493 e. The van der Waals surface area contributed by atoms with E-state index in [1.165, 1.54) is 29.1 Å². The van der Waals surface area contributed by atoms with Crippen LogP contribution in [0.3, 0.4) is 0 Å². The SMILES string of the molecule is CC(C)(O)CCOc1cc(-c2cnn(CC(C)(C)O)c2)c2c(c1)C(O)(C(F)(F)F)c1ccccc1-2. The average Bonchev–Trinajstić information content (AvgIpc) is 3.27. The van der Waals surface area contributed by atoms with E-state index in [1.54, 1.807) is 52.1 Å². The number of aromatic nitrogens is 2. The van der Waals surface area contributed by atoms with Crippen molar-refractivity contribution in [3.63, 3.8) is 0 Å². The van der Waals surface area contributed by atoms with Gasteiger partial charge in [0.2, 0.25) is 5.60 Å². The molecule has 0 spiro atoms. The first kappa shape index (κ1) is 25.2. The molecule has 2 aromatic carbocycles. The molecule has 0 bridgehead atoms. The number of rotatable bonds is 7. The molecule has 0 saturated heterocycles. The van der Waals surface area contributed by atoms with Crippen LogP contribution < -0.4 is 4.74 Å². The van der Waals surface area contributed by atoms with Gasteiger partial charge in [0.25, 0.3) is 0 Å². The molecular weight excluding hydrogens is 461 g/mol. The smallest absolute Gasteiger partial charge is 0.425 e. The Kier molecular flexibility index (Phi) is 6.02. The van der Waals surface area contributed by atoms with Crippen LogP contribution in [0.1, 0.15) is 45.2 Å². The van der Waals surface area contributed by atoms with Crippen molar-refractivity contribution in [3.05, 3.63) is 59.9 Å². The number of aliphatic hydroxyl groups is 3. The van der Waals surface area contributed by atoms with Crippen LogP contribution in [0.4, 0.5) is 13.2 Å². The number of hydrogen-bond donors (Lipinski definition) is 3. The van der Waals surface area contributed by atoms with Crippen molar-refractivity contribution in [2.45, 2.75) is 63.6 Å². The first-order valence-corrected chi connectivity index (χ1v) is 11.3. The second kappa shape index (κ2) is 8.36. The maximum absolute atomic E-state index is 14.4. The van der Waals surface area contributed by atoms with Crippen LogP contribution in [-0.4, -0.2) is 49.1 Å². The Morgan fingerprint density at radius 3 is 2.29 bits per heavy atom. The van der Waals surface area contributed by atoms with Gasteiger partial charge < -0.3 is 20.1 Å². The van der Waals surface area contributed by atoms with Gasteiger partial charge in [0.05, 0.1) is 30.6 Å². The Labute approximate surface area is 201 Å². The molecule has 1 unspecified atom stereocenters. The van der Waals surface area contributed by atoms with Gasteiger partial charge in [0.1, 0.15) is 5.75 Å². The fraction of sp³-hybridized carbons (Fsp3) is 0.423. The topological polar surface area (TPSA) is 87.7 Å². The van der Waals surface area contributed by atoms with Crippen LogP contribution in [0.2, 0.25) is 0 Å². The highest BCUT2D eigenvalue weighted by Crippen LogP contribution is 2.58. The Morgan fingerprint density at radius 1 is 0.971 bits per heavy atom.